The monoisotopic (exact) mass is 250 g/mol. The van der Waals surface area contributed by atoms with Gasteiger partial charge in [-0.15, -0.1) is 0 Å². The summed E-state index contributed by atoms with van der Waals surface area (Å²) >= 11 is 0. The number of aromatic nitrogens is 2. The van der Waals surface area contributed by atoms with Gasteiger partial charge in [-0.2, -0.15) is 5.10 Å². The van der Waals surface area contributed by atoms with Gasteiger partial charge in [0.2, 0.25) is 5.91 Å². The molecule has 1 heterocycles. The first-order valence-corrected chi connectivity index (χ1v) is 6.78. The van der Waals surface area contributed by atoms with Crippen molar-refractivity contribution in [2.45, 2.75) is 57.7 Å². The standard InChI is InChI=1S/C13H22N4O/c1-2-17-9-10(8-15-17)12(13(14)18)16-11-6-4-3-5-7-11/h8-9,11-12,16H,2-7H2,1H3,(H2,14,18). The molecule has 1 unspecified atom stereocenters. The molecule has 1 amide bonds. The molecule has 1 aromatic rings. The molecule has 5 heteroatoms. The van der Waals surface area contributed by atoms with Gasteiger partial charge in [0.15, 0.2) is 0 Å². The summed E-state index contributed by atoms with van der Waals surface area (Å²) in [5.41, 5.74) is 6.37. The van der Waals surface area contributed by atoms with E-state index in [0.717, 1.165) is 24.9 Å². The van der Waals surface area contributed by atoms with Crippen LogP contribution in [-0.4, -0.2) is 21.7 Å². The van der Waals surface area contributed by atoms with Gasteiger partial charge in [-0.05, 0) is 19.8 Å². The van der Waals surface area contributed by atoms with E-state index in [0.29, 0.717) is 6.04 Å². The van der Waals surface area contributed by atoms with Crippen LogP contribution in [0.25, 0.3) is 0 Å². The molecule has 1 fully saturated rings. The molecule has 0 radical (unpaired) electrons. The number of aryl methyl sites for hydroxylation is 1. The Morgan fingerprint density at radius 3 is 2.83 bits per heavy atom. The minimum atomic E-state index is -0.409. The summed E-state index contributed by atoms with van der Waals surface area (Å²) in [7, 11) is 0. The number of nitrogens with zero attached hydrogens (tertiary/aromatic N) is 2. The van der Waals surface area contributed by atoms with Crippen LogP contribution in [0.15, 0.2) is 12.4 Å². The van der Waals surface area contributed by atoms with E-state index in [1.165, 1.54) is 19.3 Å². The molecular weight excluding hydrogens is 228 g/mol. The van der Waals surface area contributed by atoms with Crippen LogP contribution in [0.2, 0.25) is 0 Å². The van der Waals surface area contributed by atoms with E-state index in [-0.39, 0.29) is 5.91 Å². The Kier molecular flexibility index (Phi) is 4.36. The van der Waals surface area contributed by atoms with Crippen LogP contribution in [0.4, 0.5) is 0 Å². The number of carbonyl (C=O) groups excluding carboxylic acids is 1. The number of amides is 1. The molecule has 3 N–H and O–H groups in total. The molecule has 1 aliphatic rings. The second kappa shape index (κ2) is 6.00. The quantitative estimate of drug-likeness (QED) is 0.828. The summed E-state index contributed by atoms with van der Waals surface area (Å²) in [6, 6.07) is -0.00498. The van der Waals surface area contributed by atoms with Gasteiger partial charge in [-0.3, -0.25) is 14.8 Å². The summed E-state index contributed by atoms with van der Waals surface area (Å²) in [4.78, 5) is 11.6. The van der Waals surface area contributed by atoms with E-state index in [1.54, 1.807) is 6.20 Å². The maximum absolute atomic E-state index is 11.6. The van der Waals surface area contributed by atoms with Crippen LogP contribution in [0, 0.1) is 0 Å². The predicted octanol–water partition coefficient (Wildman–Crippen LogP) is 1.35. The average molecular weight is 250 g/mol. The molecular formula is C13H22N4O. The third kappa shape index (κ3) is 3.10. The SMILES string of the molecule is CCn1cc(C(NC2CCCCC2)C(N)=O)cn1. The maximum Gasteiger partial charge on any atom is 0.239 e. The number of nitrogens with two attached hydrogens (primary N) is 1. The Balaban J connectivity index is 2.05. The van der Waals surface area contributed by atoms with Crippen LogP contribution in [0.1, 0.15) is 50.6 Å². The normalized spacial score (nSPS) is 18.7. The molecule has 1 atom stereocenters. The summed E-state index contributed by atoms with van der Waals surface area (Å²) in [6.07, 6.45) is 9.65. The van der Waals surface area contributed by atoms with Crippen LogP contribution >= 0.6 is 0 Å². The maximum atomic E-state index is 11.6. The van der Waals surface area contributed by atoms with Gasteiger partial charge in [0, 0.05) is 24.3 Å². The molecule has 0 aliphatic heterocycles. The summed E-state index contributed by atoms with van der Waals surface area (Å²) < 4.78 is 1.81. The lowest BCUT2D eigenvalue weighted by Crippen LogP contribution is -2.40. The molecule has 1 saturated carbocycles. The summed E-state index contributed by atoms with van der Waals surface area (Å²) in [6.45, 7) is 2.82. The molecule has 0 saturated heterocycles. The number of primary amides is 1. The first kappa shape index (κ1) is 13.1. The second-order valence-electron chi connectivity index (χ2n) is 4.97. The number of hydrogen-bond acceptors (Lipinski definition) is 3. The Morgan fingerprint density at radius 2 is 2.28 bits per heavy atom. The van der Waals surface area contributed by atoms with E-state index >= 15 is 0 Å². The minimum Gasteiger partial charge on any atom is -0.368 e. The number of rotatable bonds is 5. The van der Waals surface area contributed by atoms with Crippen molar-refractivity contribution in [1.82, 2.24) is 15.1 Å². The number of nitrogens with one attached hydrogen (secondary N) is 1. The van der Waals surface area contributed by atoms with Crippen molar-refractivity contribution in [3.63, 3.8) is 0 Å². The van der Waals surface area contributed by atoms with Gasteiger partial charge in [0.1, 0.15) is 6.04 Å². The summed E-state index contributed by atoms with van der Waals surface area (Å²) in [5.74, 6) is -0.323. The van der Waals surface area contributed by atoms with E-state index in [4.69, 9.17) is 5.73 Å². The fourth-order valence-corrected chi connectivity index (χ4v) is 2.55. The van der Waals surface area contributed by atoms with Crippen molar-refractivity contribution in [1.29, 1.82) is 0 Å². The van der Waals surface area contributed by atoms with Crippen molar-refractivity contribution < 1.29 is 4.79 Å². The second-order valence-corrected chi connectivity index (χ2v) is 4.97. The Hall–Kier alpha value is -1.36. The highest BCUT2D eigenvalue weighted by molar-refractivity contribution is 5.81. The van der Waals surface area contributed by atoms with E-state index in [9.17, 15) is 4.79 Å². The van der Waals surface area contributed by atoms with Crippen molar-refractivity contribution in [3.05, 3.63) is 18.0 Å². The Bertz CT molecular complexity index is 395. The highest BCUT2D eigenvalue weighted by Crippen LogP contribution is 2.21. The van der Waals surface area contributed by atoms with Crippen molar-refractivity contribution in [2.75, 3.05) is 0 Å². The topological polar surface area (TPSA) is 72.9 Å². The minimum absolute atomic E-state index is 0.323. The zero-order valence-corrected chi connectivity index (χ0v) is 10.9. The summed E-state index contributed by atoms with van der Waals surface area (Å²) in [5, 5.41) is 7.58. The molecule has 18 heavy (non-hydrogen) atoms. The third-order valence-electron chi connectivity index (χ3n) is 3.60. The van der Waals surface area contributed by atoms with Gasteiger partial charge in [-0.25, -0.2) is 0 Å². The van der Waals surface area contributed by atoms with Gasteiger partial charge < -0.3 is 5.73 Å². The molecule has 1 aromatic heterocycles. The van der Waals surface area contributed by atoms with Gasteiger partial charge in [-0.1, -0.05) is 19.3 Å². The molecule has 2 rings (SSSR count). The first-order valence-electron chi connectivity index (χ1n) is 6.78. The van der Waals surface area contributed by atoms with E-state index < -0.39 is 6.04 Å². The number of carbonyl (C=O) groups is 1. The highest BCUT2D eigenvalue weighted by atomic mass is 16.1. The molecule has 0 bridgehead atoms. The molecule has 0 spiro atoms. The largest absolute Gasteiger partial charge is 0.368 e. The van der Waals surface area contributed by atoms with Crippen LogP contribution < -0.4 is 11.1 Å². The van der Waals surface area contributed by atoms with Crippen molar-refractivity contribution in [2.24, 2.45) is 5.73 Å². The fraction of sp³-hybridized carbons (Fsp3) is 0.692. The van der Waals surface area contributed by atoms with E-state index in [1.807, 2.05) is 17.8 Å². The lowest BCUT2D eigenvalue weighted by molar-refractivity contribution is -0.120. The highest BCUT2D eigenvalue weighted by Gasteiger charge is 2.24. The van der Waals surface area contributed by atoms with Gasteiger partial charge in [0.25, 0.3) is 0 Å². The van der Waals surface area contributed by atoms with Crippen LogP contribution in [0.3, 0.4) is 0 Å². The average Bonchev–Trinajstić information content (AvgIpc) is 2.85. The van der Waals surface area contributed by atoms with Crippen LogP contribution in [0.5, 0.6) is 0 Å². The van der Waals surface area contributed by atoms with Gasteiger partial charge in [0.05, 0.1) is 6.20 Å². The van der Waals surface area contributed by atoms with Crippen molar-refractivity contribution >= 4 is 5.91 Å². The number of hydrogen-bond donors (Lipinski definition) is 2. The fourth-order valence-electron chi connectivity index (χ4n) is 2.55. The Morgan fingerprint density at radius 1 is 1.56 bits per heavy atom. The third-order valence-corrected chi connectivity index (χ3v) is 3.60. The smallest absolute Gasteiger partial charge is 0.239 e. The van der Waals surface area contributed by atoms with E-state index in [2.05, 4.69) is 10.4 Å². The zero-order valence-electron chi connectivity index (χ0n) is 10.9. The lowest BCUT2D eigenvalue weighted by atomic mass is 9.94. The molecule has 5 nitrogen and oxygen atoms in total. The van der Waals surface area contributed by atoms with Crippen LogP contribution in [-0.2, 0) is 11.3 Å². The predicted molar refractivity (Wildman–Crippen MR) is 69.8 cm³/mol. The van der Waals surface area contributed by atoms with Gasteiger partial charge >= 0.3 is 0 Å². The first-order chi connectivity index (χ1) is 8.70. The molecule has 0 aromatic carbocycles. The molecule has 100 valence electrons. The molecule has 1 aliphatic carbocycles. The zero-order chi connectivity index (χ0) is 13.0. The Labute approximate surface area is 108 Å². The van der Waals surface area contributed by atoms with Crippen molar-refractivity contribution in [3.8, 4) is 0 Å². The lowest BCUT2D eigenvalue weighted by Gasteiger charge is -2.26.